The summed E-state index contributed by atoms with van der Waals surface area (Å²) in [4.78, 5) is 30.9. The molecule has 0 spiro atoms. The standard InChI is InChI=1S/C27H25F2N7O3/c1-34-19-11-17(21-16(25(34)38)3-2-4-20(21)39-26(28)29)22-23(19)33-36-10-7-18(32-24(22)36)14-12-30-27(31-13-14)35-8-5-15(37)6-9-35/h2-4,7,10,12-13,15,17,19,26,37H,5-6,8-9,11H2,1H3. The average molecular weight is 534 g/mol. The number of carbonyl (C=O) groups is 1. The van der Waals surface area contributed by atoms with E-state index < -0.39 is 12.5 Å². The monoisotopic (exact) mass is 533 g/mol. The van der Waals surface area contributed by atoms with Crippen molar-refractivity contribution in [3.05, 3.63) is 65.2 Å². The zero-order valence-electron chi connectivity index (χ0n) is 21.0. The minimum atomic E-state index is -3.02. The van der Waals surface area contributed by atoms with Gasteiger partial charge in [0.2, 0.25) is 5.95 Å². The highest BCUT2D eigenvalue weighted by molar-refractivity contribution is 5.98. The lowest BCUT2D eigenvalue weighted by Gasteiger charge is -2.29. The third kappa shape index (κ3) is 3.81. The SMILES string of the molecule is CN1C(=O)c2cccc(OC(F)F)c2C2CC1c1nn3ccc(-c4cnc(N5CCC(O)CC5)nc4)nc3c12. The van der Waals surface area contributed by atoms with Crippen LogP contribution in [-0.2, 0) is 0 Å². The van der Waals surface area contributed by atoms with Crippen LogP contribution in [0.3, 0.4) is 0 Å². The van der Waals surface area contributed by atoms with Gasteiger partial charge in [-0.05, 0) is 37.5 Å². The number of aliphatic hydroxyl groups is 1. The van der Waals surface area contributed by atoms with Crippen LogP contribution in [0.15, 0.2) is 42.9 Å². The van der Waals surface area contributed by atoms with Gasteiger partial charge >= 0.3 is 6.61 Å². The third-order valence-electron chi connectivity index (χ3n) is 8.00. The molecule has 3 aromatic heterocycles. The minimum Gasteiger partial charge on any atom is -0.434 e. The molecule has 2 aliphatic heterocycles. The molecule has 2 unspecified atom stereocenters. The first kappa shape index (κ1) is 23.9. The van der Waals surface area contributed by atoms with Gasteiger partial charge in [-0.1, -0.05) is 6.07 Å². The first-order valence-electron chi connectivity index (χ1n) is 12.9. The molecule has 0 radical (unpaired) electrons. The van der Waals surface area contributed by atoms with E-state index in [1.165, 1.54) is 6.07 Å². The molecule has 12 heteroatoms. The summed E-state index contributed by atoms with van der Waals surface area (Å²) < 4.78 is 33.2. The first-order valence-corrected chi connectivity index (χ1v) is 12.9. The number of aliphatic hydroxyl groups excluding tert-OH is 1. The summed E-state index contributed by atoms with van der Waals surface area (Å²) in [7, 11) is 1.71. The Morgan fingerprint density at radius 3 is 2.62 bits per heavy atom. The van der Waals surface area contributed by atoms with Crippen molar-refractivity contribution in [2.75, 3.05) is 25.0 Å². The van der Waals surface area contributed by atoms with Crippen molar-refractivity contribution >= 4 is 17.5 Å². The van der Waals surface area contributed by atoms with E-state index >= 15 is 0 Å². The Hall–Kier alpha value is -4.19. The highest BCUT2D eigenvalue weighted by Crippen LogP contribution is 2.53. The summed E-state index contributed by atoms with van der Waals surface area (Å²) in [5, 5.41) is 14.5. The predicted molar refractivity (Wildman–Crippen MR) is 136 cm³/mol. The van der Waals surface area contributed by atoms with Gasteiger partial charge in [0, 0.05) is 66.9 Å². The van der Waals surface area contributed by atoms with Crippen LogP contribution in [0.5, 0.6) is 5.75 Å². The smallest absolute Gasteiger partial charge is 0.387 e. The van der Waals surface area contributed by atoms with Gasteiger partial charge in [-0.3, -0.25) is 4.79 Å². The highest BCUT2D eigenvalue weighted by Gasteiger charge is 2.46. The number of hydrogen-bond donors (Lipinski definition) is 1. The van der Waals surface area contributed by atoms with E-state index in [-0.39, 0.29) is 23.8 Å². The van der Waals surface area contributed by atoms with Gasteiger partial charge in [0.1, 0.15) is 5.75 Å². The zero-order valence-corrected chi connectivity index (χ0v) is 21.0. The van der Waals surface area contributed by atoms with Gasteiger partial charge in [-0.25, -0.2) is 19.5 Å². The molecule has 2 atom stereocenters. The number of benzene rings is 1. The van der Waals surface area contributed by atoms with Crippen molar-refractivity contribution in [2.24, 2.45) is 0 Å². The summed E-state index contributed by atoms with van der Waals surface area (Å²) in [5.74, 6) is -0.0448. The molecule has 3 aliphatic rings. The van der Waals surface area contributed by atoms with Crippen molar-refractivity contribution < 1.29 is 23.4 Å². The maximum absolute atomic E-state index is 13.3. The molecular weight excluding hydrogens is 508 g/mol. The molecule has 1 fully saturated rings. The fraction of sp³-hybridized carbons (Fsp3) is 0.370. The molecule has 1 aromatic carbocycles. The van der Waals surface area contributed by atoms with Gasteiger partial charge in [0.05, 0.1) is 23.5 Å². The summed E-state index contributed by atoms with van der Waals surface area (Å²) in [5.41, 5.74) is 4.25. The molecule has 4 aromatic rings. The Kier molecular flexibility index (Phi) is 5.48. The number of alkyl halides is 2. The van der Waals surface area contributed by atoms with E-state index in [0.29, 0.717) is 66.5 Å². The maximum Gasteiger partial charge on any atom is 0.387 e. The van der Waals surface area contributed by atoms with Crippen LogP contribution in [0, 0.1) is 0 Å². The van der Waals surface area contributed by atoms with Crippen molar-refractivity contribution in [3.63, 3.8) is 0 Å². The maximum atomic E-state index is 13.3. The third-order valence-corrected chi connectivity index (χ3v) is 8.00. The lowest BCUT2D eigenvalue weighted by molar-refractivity contribution is -0.0505. The molecule has 2 bridgehead atoms. The fourth-order valence-corrected chi connectivity index (χ4v) is 6.06. The number of piperidine rings is 1. The number of aromatic nitrogens is 5. The Morgan fingerprint density at radius 2 is 1.87 bits per heavy atom. The van der Waals surface area contributed by atoms with Crippen LogP contribution in [0.4, 0.5) is 14.7 Å². The summed E-state index contributed by atoms with van der Waals surface area (Å²) in [6.07, 6.45) is 6.84. The Labute approximate surface area is 221 Å². The number of carbonyl (C=O) groups excluding carboxylic acids is 1. The van der Waals surface area contributed by atoms with Gasteiger partial charge in [-0.15, -0.1) is 0 Å². The molecule has 1 N–H and O–H groups in total. The minimum absolute atomic E-state index is 0.00697. The van der Waals surface area contributed by atoms with Crippen LogP contribution in [-0.4, -0.2) is 73.3 Å². The van der Waals surface area contributed by atoms with Crippen molar-refractivity contribution in [2.45, 2.75) is 43.9 Å². The van der Waals surface area contributed by atoms with Gasteiger partial charge in [-0.2, -0.15) is 13.9 Å². The second-order valence-electron chi connectivity index (χ2n) is 10.2. The lowest BCUT2D eigenvalue weighted by atomic mass is 9.89. The van der Waals surface area contributed by atoms with Crippen LogP contribution >= 0.6 is 0 Å². The second-order valence-corrected chi connectivity index (χ2v) is 10.2. The number of ether oxygens (including phenoxy) is 1. The van der Waals surface area contributed by atoms with E-state index in [0.717, 1.165) is 11.1 Å². The number of hydrogen-bond acceptors (Lipinski definition) is 8. The van der Waals surface area contributed by atoms with Gasteiger partial charge < -0.3 is 19.6 Å². The van der Waals surface area contributed by atoms with Crippen molar-refractivity contribution in [3.8, 4) is 17.0 Å². The molecule has 7 rings (SSSR count). The van der Waals surface area contributed by atoms with Gasteiger partial charge in [0.25, 0.3) is 5.91 Å². The number of nitrogens with zero attached hydrogens (tertiary/aromatic N) is 7. The second kappa shape index (κ2) is 8.94. The van der Waals surface area contributed by atoms with Crippen LogP contribution in [0.25, 0.3) is 16.9 Å². The largest absolute Gasteiger partial charge is 0.434 e. The van der Waals surface area contributed by atoms with Crippen molar-refractivity contribution in [1.29, 1.82) is 0 Å². The lowest BCUT2D eigenvalue weighted by Crippen LogP contribution is -2.36. The number of rotatable bonds is 4. The van der Waals surface area contributed by atoms with Gasteiger partial charge in [0.15, 0.2) is 5.65 Å². The molecule has 200 valence electrons. The summed E-state index contributed by atoms with van der Waals surface area (Å²) >= 11 is 0. The predicted octanol–water partition coefficient (Wildman–Crippen LogP) is 3.41. The molecule has 5 heterocycles. The van der Waals surface area contributed by atoms with Crippen LogP contribution < -0.4 is 9.64 Å². The quantitative estimate of drug-likeness (QED) is 0.425. The molecule has 1 amide bonds. The molecule has 39 heavy (non-hydrogen) atoms. The van der Waals surface area contributed by atoms with E-state index in [2.05, 4.69) is 14.9 Å². The van der Waals surface area contributed by atoms with Crippen LogP contribution in [0.2, 0.25) is 0 Å². The van der Waals surface area contributed by atoms with E-state index in [1.807, 2.05) is 6.07 Å². The van der Waals surface area contributed by atoms with Crippen molar-refractivity contribution in [1.82, 2.24) is 29.5 Å². The topological polar surface area (TPSA) is 109 Å². The average Bonchev–Trinajstić information content (AvgIpc) is 3.46. The molecular formula is C27H25F2N7O3. The molecule has 10 nitrogen and oxygen atoms in total. The van der Waals surface area contributed by atoms with E-state index in [9.17, 15) is 18.7 Å². The molecule has 1 saturated heterocycles. The Morgan fingerprint density at radius 1 is 1.10 bits per heavy atom. The molecule has 0 saturated carbocycles. The zero-order chi connectivity index (χ0) is 26.8. The normalized spacial score (nSPS) is 20.9. The van der Waals surface area contributed by atoms with Crippen LogP contribution in [0.1, 0.15) is 58.4 Å². The first-order chi connectivity index (χ1) is 18.9. The van der Waals surface area contributed by atoms with E-state index in [4.69, 9.17) is 14.8 Å². The number of amides is 1. The number of halogens is 2. The summed E-state index contributed by atoms with van der Waals surface area (Å²) in [6.45, 7) is -1.62. The highest BCUT2D eigenvalue weighted by atomic mass is 19.3. The summed E-state index contributed by atoms with van der Waals surface area (Å²) in [6, 6.07) is 6.19. The fourth-order valence-electron chi connectivity index (χ4n) is 6.06. The Bertz CT molecular complexity index is 1580. The number of fused-ring (bicyclic) bond motifs is 9. The van der Waals surface area contributed by atoms with E-state index in [1.54, 1.807) is 47.2 Å². The number of anilines is 1. The Balaban J connectivity index is 1.31. The molecule has 1 aliphatic carbocycles.